The molecule has 1 aliphatic carbocycles. The molecule has 4 heteroatoms. The normalized spacial score (nSPS) is 15.9. The minimum absolute atomic E-state index is 0.0648. The molecule has 1 amide bonds. The zero-order chi connectivity index (χ0) is 13.0. The van der Waals surface area contributed by atoms with E-state index in [-0.39, 0.29) is 11.8 Å². The first-order valence-corrected chi connectivity index (χ1v) is 6.38. The third kappa shape index (κ3) is 3.28. The second kappa shape index (κ2) is 5.94. The van der Waals surface area contributed by atoms with E-state index in [2.05, 4.69) is 5.32 Å². The summed E-state index contributed by atoms with van der Waals surface area (Å²) in [6, 6.07) is 3.53. The Morgan fingerprint density at radius 2 is 2.00 bits per heavy atom. The average molecular weight is 253 g/mol. The Labute approximate surface area is 105 Å². The van der Waals surface area contributed by atoms with Crippen LogP contribution in [0, 0.1) is 17.6 Å². The van der Waals surface area contributed by atoms with Crippen LogP contribution in [0.4, 0.5) is 8.78 Å². The summed E-state index contributed by atoms with van der Waals surface area (Å²) in [7, 11) is 0. The highest BCUT2D eigenvalue weighted by Gasteiger charge is 2.21. The van der Waals surface area contributed by atoms with E-state index in [4.69, 9.17) is 0 Å². The van der Waals surface area contributed by atoms with Crippen molar-refractivity contribution in [2.24, 2.45) is 5.92 Å². The summed E-state index contributed by atoms with van der Waals surface area (Å²) >= 11 is 0. The summed E-state index contributed by atoms with van der Waals surface area (Å²) in [5, 5.41) is 2.82. The van der Waals surface area contributed by atoms with Crippen molar-refractivity contribution in [3.05, 3.63) is 35.4 Å². The SMILES string of the molecule is O=C(NCCc1ccc(F)cc1F)C1CCCC1. The standard InChI is InChI=1S/C14H17F2NO/c15-12-6-5-10(13(16)9-12)7-8-17-14(18)11-3-1-2-4-11/h5-6,9,11H,1-4,7-8H2,(H,17,18). The quantitative estimate of drug-likeness (QED) is 0.878. The lowest BCUT2D eigenvalue weighted by molar-refractivity contribution is -0.124. The van der Waals surface area contributed by atoms with Crippen LogP contribution in [0.2, 0.25) is 0 Å². The molecule has 1 N–H and O–H groups in total. The van der Waals surface area contributed by atoms with Gasteiger partial charge in [-0.2, -0.15) is 0 Å². The van der Waals surface area contributed by atoms with E-state index >= 15 is 0 Å². The van der Waals surface area contributed by atoms with Crippen molar-refractivity contribution in [1.29, 1.82) is 0 Å². The number of hydrogen-bond acceptors (Lipinski definition) is 1. The summed E-state index contributed by atoms with van der Waals surface area (Å²) < 4.78 is 26.0. The fourth-order valence-electron chi connectivity index (χ4n) is 2.38. The minimum Gasteiger partial charge on any atom is -0.356 e. The van der Waals surface area contributed by atoms with Gasteiger partial charge in [0.2, 0.25) is 5.91 Å². The number of hydrogen-bond donors (Lipinski definition) is 1. The largest absolute Gasteiger partial charge is 0.356 e. The Morgan fingerprint density at radius 3 is 2.67 bits per heavy atom. The van der Waals surface area contributed by atoms with E-state index in [1.165, 1.54) is 12.1 Å². The van der Waals surface area contributed by atoms with Gasteiger partial charge in [0.25, 0.3) is 0 Å². The molecule has 98 valence electrons. The first-order valence-electron chi connectivity index (χ1n) is 6.38. The first-order chi connectivity index (χ1) is 8.66. The molecule has 2 rings (SSSR count). The van der Waals surface area contributed by atoms with Crippen LogP contribution in [0.25, 0.3) is 0 Å². The van der Waals surface area contributed by atoms with E-state index in [1.807, 2.05) is 0 Å². The van der Waals surface area contributed by atoms with E-state index in [9.17, 15) is 13.6 Å². The molecule has 1 fully saturated rings. The Hall–Kier alpha value is -1.45. The molecule has 0 heterocycles. The van der Waals surface area contributed by atoms with Crippen LogP contribution in [0.1, 0.15) is 31.2 Å². The molecule has 0 aromatic heterocycles. The molecule has 1 aliphatic rings. The second-order valence-corrected chi connectivity index (χ2v) is 4.76. The molecule has 0 unspecified atom stereocenters. The molecular formula is C14H17F2NO. The van der Waals surface area contributed by atoms with Crippen LogP contribution >= 0.6 is 0 Å². The molecular weight excluding hydrogens is 236 g/mol. The van der Waals surface area contributed by atoms with Crippen LogP contribution in [0.5, 0.6) is 0 Å². The van der Waals surface area contributed by atoms with Crippen LogP contribution in [0.15, 0.2) is 18.2 Å². The molecule has 1 saturated carbocycles. The van der Waals surface area contributed by atoms with Crippen molar-refractivity contribution in [3.63, 3.8) is 0 Å². The average Bonchev–Trinajstić information content (AvgIpc) is 2.85. The van der Waals surface area contributed by atoms with Crippen LogP contribution in [0.3, 0.4) is 0 Å². The number of halogens is 2. The zero-order valence-electron chi connectivity index (χ0n) is 10.2. The molecule has 0 bridgehead atoms. The van der Waals surface area contributed by atoms with Gasteiger partial charge in [-0.3, -0.25) is 4.79 Å². The molecule has 0 saturated heterocycles. The first kappa shape index (κ1) is 13.0. The maximum absolute atomic E-state index is 13.3. The van der Waals surface area contributed by atoms with Crippen molar-refractivity contribution < 1.29 is 13.6 Å². The maximum Gasteiger partial charge on any atom is 0.223 e. The van der Waals surface area contributed by atoms with Crippen molar-refractivity contribution in [2.45, 2.75) is 32.1 Å². The van der Waals surface area contributed by atoms with Crippen LogP contribution in [-0.2, 0) is 11.2 Å². The minimum atomic E-state index is -0.578. The number of amides is 1. The highest BCUT2D eigenvalue weighted by molar-refractivity contribution is 5.78. The van der Waals surface area contributed by atoms with Crippen molar-refractivity contribution in [1.82, 2.24) is 5.32 Å². The zero-order valence-corrected chi connectivity index (χ0v) is 10.2. The molecule has 0 atom stereocenters. The summed E-state index contributed by atoms with van der Waals surface area (Å²) in [5.74, 6) is -0.936. The Bertz CT molecular complexity index is 428. The summed E-state index contributed by atoms with van der Waals surface area (Å²) in [6.07, 6.45) is 4.54. The smallest absolute Gasteiger partial charge is 0.223 e. The Balaban J connectivity index is 1.79. The van der Waals surface area contributed by atoms with Crippen LogP contribution in [-0.4, -0.2) is 12.5 Å². The highest BCUT2D eigenvalue weighted by atomic mass is 19.1. The number of nitrogens with one attached hydrogen (secondary N) is 1. The van der Waals surface area contributed by atoms with Crippen LogP contribution < -0.4 is 5.32 Å². The monoisotopic (exact) mass is 253 g/mol. The Morgan fingerprint density at radius 1 is 1.28 bits per heavy atom. The summed E-state index contributed by atoms with van der Waals surface area (Å²) in [6.45, 7) is 0.401. The van der Waals surface area contributed by atoms with Gasteiger partial charge < -0.3 is 5.32 Å². The van der Waals surface area contributed by atoms with Gasteiger partial charge in [0.05, 0.1) is 0 Å². The van der Waals surface area contributed by atoms with Gasteiger partial charge in [0.15, 0.2) is 0 Å². The van der Waals surface area contributed by atoms with Crippen molar-refractivity contribution >= 4 is 5.91 Å². The second-order valence-electron chi connectivity index (χ2n) is 4.76. The van der Waals surface area contributed by atoms with Gasteiger partial charge in [0, 0.05) is 18.5 Å². The Kier molecular flexibility index (Phi) is 4.28. The summed E-state index contributed by atoms with van der Waals surface area (Å²) in [5.41, 5.74) is 0.433. The lowest BCUT2D eigenvalue weighted by atomic mass is 10.1. The maximum atomic E-state index is 13.3. The third-order valence-electron chi connectivity index (χ3n) is 3.43. The number of carbonyl (C=O) groups excluding carboxylic acids is 1. The van der Waals surface area contributed by atoms with Gasteiger partial charge in [0.1, 0.15) is 11.6 Å². The highest BCUT2D eigenvalue weighted by Crippen LogP contribution is 2.24. The lowest BCUT2D eigenvalue weighted by Crippen LogP contribution is -2.31. The van der Waals surface area contributed by atoms with Gasteiger partial charge in [-0.05, 0) is 30.9 Å². The van der Waals surface area contributed by atoms with Gasteiger partial charge in [-0.25, -0.2) is 8.78 Å². The molecule has 0 radical (unpaired) electrons. The van der Waals surface area contributed by atoms with Gasteiger partial charge in [-0.1, -0.05) is 18.9 Å². The predicted octanol–water partition coefficient (Wildman–Crippen LogP) is 2.81. The van der Waals surface area contributed by atoms with E-state index in [1.54, 1.807) is 0 Å². The fourth-order valence-corrected chi connectivity index (χ4v) is 2.38. The van der Waals surface area contributed by atoms with Gasteiger partial charge >= 0.3 is 0 Å². The number of benzene rings is 1. The lowest BCUT2D eigenvalue weighted by Gasteiger charge is -2.10. The fraction of sp³-hybridized carbons (Fsp3) is 0.500. The van der Waals surface area contributed by atoms with E-state index in [0.717, 1.165) is 31.7 Å². The van der Waals surface area contributed by atoms with E-state index in [0.29, 0.717) is 18.5 Å². The summed E-state index contributed by atoms with van der Waals surface area (Å²) in [4.78, 5) is 11.7. The molecule has 18 heavy (non-hydrogen) atoms. The molecule has 1 aromatic carbocycles. The number of rotatable bonds is 4. The predicted molar refractivity (Wildman–Crippen MR) is 65.0 cm³/mol. The number of carbonyl (C=O) groups is 1. The molecule has 0 spiro atoms. The molecule has 0 aliphatic heterocycles. The van der Waals surface area contributed by atoms with E-state index < -0.39 is 11.6 Å². The third-order valence-corrected chi connectivity index (χ3v) is 3.43. The van der Waals surface area contributed by atoms with Crippen molar-refractivity contribution in [3.8, 4) is 0 Å². The van der Waals surface area contributed by atoms with Crippen molar-refractivity contribution in [2.75, 3.05) is 6.54 Å². The molecule has 2 nitrogen and oxygen atoms in total. The molecule has 1 aromatic rings. The topological polar surface area (TPSA) is 29.1 Å². The van der Waals surface area contributed by atoms with Gasteiger partial charge in [-0.15, -0.1) is 0 Å².